The average Bonchev–Trinajstić information content (AvgIpc) is 2.28. The molecule has 0 aliphatic heterocycles. The van der Waals surface area contributed by atoms with Crippen molar-refractivity contribution in [2.45, 2.75) is 20.4 Å². The van der Waals surface area contributed by atoms with Crippen LogP contribution in [0.15, 0.2) is 24.4 Å². The van der Waals surface area contributed by atoms with Gasteiger partial charge in [-0.2, -0.15) is 0 Å². The van der Waals surface area contributed by atoms with Gasteiger partial charge in [0.2, 0.25) is 0 Å². The first-order valence-electron chi connectivity index (χ1n) is 5.61. The highest BCUT2D eigenvalue weighted by atomic mass is 14.9. The molecule has 88 valence electrons. The first kappa shape index (κ1) is 11.7. The number of hydrogen-bond donors (Lipinski definition) is 1. The van der Waals surface area contributed by atoms with Crippen molar-refractivity contribution in [1.82, 2.24) is 20.3 Å². The minimum Gasteiger partial charge on any atom is -0.314 e. The van der Waals surface area contributed by atoms with Crippen LogP contribution in [0.1, 0.15) is 17.1 Å². The predicted octanol–water partition coefficient (Wildman–Crippen LogP) is 1.87. The molecule has 0 radical (unpaired) electrons. The molecule has 0 saturated heterocycles. The molecule has 2 rings (SSSR count). The Hall–Kier alpha value is -1.81. The van der Waals surface area contributed by atoms with E-state index in [4.69, 9.17) is 0 Å². The van der Waals surface area contributed by atoms with Gasteiger partial charge in [-0.05, 0) is 39.1 Å². The summed E-state index contributed by atoms with van der Waals surface area (Å²) in [7, 11) is 1.91. The van der Waals surface area contributed by atoms with Gasteiger partial charge in [0, 0.05) is 29.7 Å². The van der Waals surface area contributed by atoms with Gasteiger partial charge in [-0.3, -0.25) is 4.98 Å². The van der Waals surface area contributed by atoms with Crippen molar-refractivity contribution in [3.8, 4) is 11.4 Å². The summed E-state index contributed by atoms with van der Waals surface area (Å²) < 4.78 is 0. The van der Waals surface area contributed by atoms with Crippen LogP contribution in [0.3, 0.4) is 0 Å². The van der Waals surface area contributed by atoms with Gasteiger partial charge in [0.25, 0.3) is 0 Å². The van der Waals surface area contributed by atoms with Crippen LogP contribution in [-0.4, -0.2) is 22.0 Å². The number of aromatic nitrogens is 3. The van der Waals surface area contributed by atoms with Crippen molar-refractivity contribution in [3.05, 3.63) is 41.5 Å². The molecule has 4 heteroatoms. The van der Waals surface area contributed by atoms with E-state index in [-0.39, 0.29) is 0 Å². The molecule has 0 aliphatic rings. The van der Waals surface area contributed by atoms with E-state index in [1.54, 1.807) is 6.20 Å². The summed E-state index contributed by atoms with van der Waals surface area (Å²) in [5.74, 6) is 0.756. The van der Waals surface area contributed by atoms with Crippen molar-refractivity contribution >= 4 is 0 Å². The highest BCUT2D eigenvalue weighted by molar-refractivity contribution is 5.55. The van der Waals surface area contributed by atoms with Gasteiger partial charge in [-0.1, -0.05) is 0 Å². The summed E-state index contributed by atoms with van der Waals surface area (Å²) >= 11 is 0. The van der Waals surface area contributed by atoms with Gasteiger partial charge in [-0.25, -0.2) is 9.97 Å². The van der Waals surface area contributed by atoms with E-state index in [2.05, 4.69) is 20.3 Å². The Morgan fingerprint density at radius 2 is 1.82 bits per heavy atom. The Labute approximate surface area is 101 Å². The van der Waals surface area contributed by atoms with Crippen molar-refractivity contribution in [3.63, 3.8) is 0 Å². The summed E-state index contributed by atoms with van der Waals surface area (Å²) in [6, 6.07) is 5.93. The monoisotopic (exact) mass is 228 g/mol. The molecule has 0 spiro atoms. The molecular formula is C13H16N4. The fourth-order valence-electron chi connectivity index (χ4n) is 1.78. The highest BCUT2D eigenvalue weighted by Crippen LogP contribution is 2.16. The third-order valence-electron chi connectivity index (χ3n) is 2.41. The minimum absolute atomic E-state index is 0.749. The van der Waals surface area contributed by atoms with Gasteiger partial charge < -0.3 is 5.32 Å². The molecule has 2 aromatic heterocycles. The zero-order valence-electron chi connectivity index (χ0n) is 10.4. The van der Waals surface area contributed by atoms with Crippen molar-refractivity contribution in [1.29, 1.82) is 0 Å². The number of nitrogens with zero attached hydrogens (tertiary/aromatic N) is 3. The quantitative estimate of drug-likeness (QED) is 0.871. The third-order valence-corrected chi connectivity index (χ3v) is 2.41. The Kier molecular flexibility index (Phi) is 3.44. The zero-order chi connectivity index (χ0) is 12.3. The normalized spacial score (nSPS) is 10.5. The molecule has 0 bridgehead atoms. The topological polar surface area (TPSA) is 50.7 Å². The van der Waals surface area contributed by atoms with E-state index >= 15 is 0 Å². The predicted molar refractivity (Wildman–Crippen MR) is 67.5 cm³/mol. The van der Waals surface area contributed by atoms with Crippen LogP contribution in [0.2, 0.25) is 0 Å². The maximum absolute atomic E-state index is 4.51. The highest BCUT2D eigenvalue weighted by Gasteiger charge is 2.04. The molecule has 17 heavy (non-hydrogen) atoms. The summed E-state index contributed by atoms with van der Waals surface area (Å²) in [6.07, 6.45) is 1.79. The Morgan fingerprint density at radius 3 is 2.47 bits per heavy atom. The van der Waals surface area contributed by atoms with E-state index in [0.29, 0.717) is 0 Å². The molecule has 2 heterocycles. The van der Waals surface area contributed by atoms with Gasteiger partial charge in [0.15, 0.2) is 5.82 Å². The molecule has 0 unspecified atom stereocenters. The van der Waals surface area contributed by atoms with Gasteiger partial charge >= 0.3 is 0 Å². The van der Waals surface area contributed by atoms with E-state index in [1.807, 2.05) is 39.1 Å². The van der Waals surface area contributed by atoms with Gasteiger partial charge in [0.05, 0.1) is 5.69 Å². The summed E-state index contributed by atoms with van der Waals surface area (Å²) in [5, 5.41) is 3.08. The Bertz CT molecular complexity index is 502. The number of rotatable bonds is 3. The molecule has 0 amide bonds. The van der Waals surface area contributed by atoms with Crippen LogP contribution in [0.25, 0.3) is 11.4 Å². The van der Waals surface area contributed by atoms with Crippen LogP contribution < -0.4 is 5.32 Å². The fraction of sp³-hybridized carbons (Fsp3) is 0.308. The summed E-state index contributed by atoms with van der Waals surface area (Å²) in [6.45, 7) is 4.71. The van der Waals surface area contributed by atoms with E-state index < -0.39 is 0 Å². The second kappa shape index (κ2) is 5.01. The second-order valence-corrected chi connectivity index (χ2v) is 4.04. The lowest BCUT2D eigenvalue weighted by Crippen LogP contribution is -2.07. The van der Waals surface area contributed by atoms with Crippen molar-refractivity contribution in [2.75, 3.05) is 7.05 Å². The number of hydrogen-bond acceptors (Lipinski definition) is 4. The molecular weight excluding hydrogens is 212 g/mol. The summed E-state index contributed by atoms with van der Waals surface area (Å²) in [4.78, 5) is 13.2. The SMILES string of the molecule is CNCc1ccnc(-c2cc(C)nc(C)c2)n1. The first-order valence-corrected chi connectivity index (χ1v) is 5.61. The molecule has 4 nitrogen and oxygen atoms in total. The standard InChI is InChI=1S/C13H16N4/c1-9-6-11(7-10(2)16-9)13-15-5-4-12(17-13)8-14-3/h4-7,14H,8H2,1-3H3. The minimum atomic E-state index is 0.749. The maximum Gasteiger partial charge on any atom is 0.159 e. The lowest BCUT2D eigenvalue weighted by atomic mass is 10.2. The molecule has 2 aromatic rings. The largest absolute Gasteiger partial charge is 0.314 e. The number of aryl methyl sites for hydroxylation is 2. The molecule has 0 aliphatic carbocycles. The average molecular weight is 228 g/mol. The lowest BCUT2D eigenvalue weighted by Gasteiger charge is -2.05. The molecule has 1 N–H and O–H groups in total. The van der Waals surface area contributed by atoms with Gasteiger partial charge in [0.1, 0.15) is 0 Å². The van der Waals surface area contributed by atoms with Crippen LogP contribution in [-0.2, 0) is 6.54 Å². The van der Waals surface area contributed by atoms with Crippen LogP contribution in [0, 0.1) is 13.8 Å². The lowest BCUT2D eigenvalue weighted by molar-refractivity contribution is 0.787. The second-order valence-electron chi connectivity index (χ2n) is 4.04. The van der Waals surface area contributed by atoms with E-state index in [1.165, 1.54) is 0 Å². The first-order chi connectivity index (χ1) is 8.19. The van der Waals surface area contributed by atoms with E-state index in [9.17, 15) is 0 Å². The Balaban J connectivity index is 2.41. The number of nitrogens with one attached hydrogen (secondary N) is 1. The maximum atomic E-state index is 4.51. The zero-order valence-corrected chi connectivity index (χ0v) is 10.4. The molecule has 0 atom stereocenters. The van der Waals surface area contributed by atoms with Crippen molar-refractivity contribution < 1.29 is 0 Å². The Morgan fingerprint density at radius 1 is 1.12 bits per heavy atom. The van der Waals surface area contributed by atoms with Crippen LogP contribution >= 0.6 is 0 Å². The van der Waals surface area contributed by atoms with Crippen LogP contribution in [0.5, 0.6) is 0 Å². The van der Waals surface area contributed by atoms with Gasteiger partial charge in [-0.15, -0.1) is 0 Å². The van der Waals surface area contributed by atoms with Crippen LogP contribution in [0.4, 0.5) is 0 Å². The summed E-state index contributed by atoms with van der Waals surface area (Å²) in [5.41, 5.74) is 3.99. The van der Waals surface area contributed by atoms with Crippen molar-refractivity contribution in [2.24, 2.45) is 0 Å². The smallest absolute Gasteiger partial charge is 0.159 e. The number of pyridine rings is 1. The third kappa shape index (κ3) is 2.85. The van der Waals surface area contributed by atoms with E-state index in [0.717, 1.165) is 35.0 Å². The fourth-order valence-corrected chi connectivity index (χ4v) is 1.78. The molecule has 0 fully saturated rings. The molecule has 0 saturated carbocycles. The molecule has 0 aromatic carbocycles.